The Morgan fingerprint density at radius 1 is 1.22 bits per heavy atom. The highest BCUT2D eigenvalue weighted by Gasteiger charge is 2.53. The summed E-state index contributed by atoms with van der Waals surface area (Å²) < 4.78 is 13.7. The molecule has 0 saturated carbocycles. The average Bonchev–Trinajstić information content (AvgIpc) is 3.24. The van der Waals surface area contributed by atoms with Crippen molar-refractivity contribution in [1.82, 2.24) is 14.9 Å². The third-order valence-corrected chi connectivity index (χ3v) is 7.10. The molecule has 36 heavy (non-hydrogen) atoms. The Kier molecular flexibility index (Phi) is 5.85. The zero-order valence-corrected chi connectivity index (χ0v) is 20.5. The number of hydrogen-bond acceptors (Lipinski definition) is 7. The third-order valence-electron chi connectivity index (χ3n) is 7.10. The largest absolute Gasteiger partial charge is 0.399 e. The fourth-order valence-electron chi connectivity index (χ4n) is 5.33. The van der Waals surface area contributed by atoms with Gasteiger partial charge in [0.15, 0.2) is 0 Å². The molecule has 0 aliphatic carbocycles. The Labute approximate surface area is 209 Å². The normalized spacial score (nSPS) is 20.3. The summed E-state index contributed by atoms with van der Waals surface area (Å²) in [5.74, 6) is 0.829. The predicted octanol–water partition coefficient (Wildman–Crippen LogP) is 3.67. The number of likely N-dealkylation sites (N-methyl/N-ethyl adjacent to an activating group) is 1. The first-order chi connectivity index (χ1) is 17.2. The van der Waals surface area contributed by atoms with Gasteiger partial charge in [0.2, 0.25) is 5.91 Å². The zero-order chi connectivity index (χ0) is 25.6. The predicted molar refractivity (Wildman–Crippen MR) is 136 cm³/mol. The van der Waals surface area contributed by atoms with Gasteiger partial charge in [-0.1, -0.05) is 0 Å². The number of nitrogens with two attached hydrogens (primary N) is 1. The second kappa shape index (κ2) is 8.88. The number of carbonyl (C=O) groups is 1. The molecule has 1 amide bonds. The Morgan fingerprint density at radius 3 is 2.64 bits per heavy atom. The van der Waals surface area contributed by atoms with Crippen LogP contribution in [-0.2, 0) is 16.8 Å². The highest BCUT2D eigenvalue weighted by molar-refractivity contribution is 6.03. The van der Waals surface area contributed by atoms with E-state index >= 15 is 0 Å². The van der Waals surface area contributed by atoms with Crippen molar-refractivity contribution in [2.24, 2.45) is 0 Å². The highest BCUT2D eigenvalue weighted by Crippen LogP contribution is 2.44. The molecule has 1 unspecified atom stereocenters. The van der Waals surface area contributed by atoms with Crippen molar-refractivity contribution in [1.29, 1.82) is 5.26 Å². The molecule has 3 N–H and O–H groups in total. The number of amides is 1. The number of nitriles is 1. The van der Waals surface area contributed by atoms with Crippen molar-refractivity contribution in [2.75, 3.05) is 36.1 Å². The molecule has 1 fully saturated rings. The molecule has 0 bridgehead atoms. The zero-order valence-electron chi connectivity index (χ0n) is 20.5. The summed E-state index contributed by atoms with van der Waals surface area (Å²) in [7, 11) is 2.00. The van der Waals surface area contributed by atoms with E-state index in [1.54, 1.807) is 29.2 Å². The number of benzene rings is 2. The summed E-state index contributed by atoms with van der Waals surface area (Å²) in [6, 6.07) is 13.2. The minimum Gasteiger partial charge on any atom is -0.399 e. The SMILES string of the molecule is Cc1nc(N[C@H](C)c2cc(N)cc(C#N)c2)c2c(n1)C1(CCN(C)C1)C(=O)N(c1ccc(F)cc1)C2. The summed E-state index contributed by atoms with van der Waals surface area (Å²) in [4.78, 5) is 27.4. The lowest BCUT2D eigenvalue weighted by Gasteiger charge is -2.40. The number of fused-ring (bicyclic) bond motifs is 2. The number of nitrogens with one attached hydrogen (secondary N) is 1. The van der Waals surface area contributed by atoms with Gasteiger partial charge in [-0.25, -0.2) is 14.4 Å². The minimum atomic E-state index is -0.810. The van der Waals surface area contributed by atoms with Crippen LogP contribution in [-0.4, -0.2) is 40.9 Å². The maximum absolute atomic E-state index is 14.0. The topological polar surface area (TPSA) is 111 Å². The second-order valence-corrected chi connectivity index (χ2v) is 9.75. The minimum absolute atomic E-state index is 0.0300. The van der Waals surface area contributed by atoms with Gasteiger partial charge in [-0.2, -0.15) is 5.26 Å². The van der Waals surface area contributed by atoms with Gasteiger partial charge in [0.05, 0.1) is 29.9 Å². The van der Waals surface area contributed by atoms with Crippen LogP contribution in [0.3, 0.4) is 0 Å². The second-order valence-electron chi connectivity index (χ2n) is 9.75. The van der Waals surface area contributed by atoms with E-state index in [1.807, 2.05) is 27.0 Å². The van der Waals surface area contributed by atoms with E-state index in [-0.39, 0.29) is 24.3 Å². The Balaban J connectivity index is 1.61. The number of nitrogens with zero attached hydrogens (tertiary/aromatic N) is 5. The van der Waals surface area contributed by atoms with Crippen molar-refractivity contribution in [3.05, 3.63) is 76.5 Å². The number of likely N-dealkylation sites (tertiary alicyclic amines) is 1. The molecule has 2 atom stereocenters. The number of aromatic nitrogens is 2. The molecule has 3 aromatic rings. The van der Waals surface area contributed by atoms with Crippen LogP contribution in [0.1, 0.15) is 47.6 Å². The van der Waals surface area contributed by atoms with Gasteiger partial charge >= 0.3 is 0 Å². The maximum atomic E-state index is 14.0. The van der Waals surface area contributed by atoms with Crippen LogP contribution in [0.25, 0.3) is 0 Å². The van der Waals surface area contributed by atoms with Crippen molar-refractivity contribution in [3.8, 4) is 6.07 Å². The molecule has 9 heteroatoms. The Morgan fingerprint density at radius 2 is 1.97 bits per heavy atom. The lowest BCUT2D eigenvalue weighted by atomic mass is 9.76. The number of halogens is 1. The van der Waals surface area contributed by atoms with Crippen LogP contribution in [0.4, 0.5) is 21.6 Å². The summed E-state index contributed by atoms with van der Waals surface area (Å²) in [6.07, 6.45) is 0.638. The summed E-state index contributed by atoms with van der Waals surface area (Å²) in [5.41, 5.74) is 9.30. The molecule has 1 spiro atoms. The average molecular weight is 486 g/mol. The first-order valence-electron chi connectivity index (χ1n) is 11.9. The van der Waals surface area contributed by atoms with E-state index in [2.05, 4.69) is 16.3 Å². The van der Waals surface area contributed by atoms with E-state index in [9.17, 15) is 14.4 Å². The number of carbonyl (C=O) groups excluding carboxylic acids is 1. The molecule has 0 radical (unpaired) electrons. The molecule has 2 aliphatic heterocycles. The van der Waals surface area contributed by atoms with Gasteiger partial charge in [0.25, 0.3) is 0 Å². The van der Waals surface area contributed by atoms with Gasteiger partial charge in [-0.3, -0.25) is 4.79 Å². The van der Waals surface area contributed by atoms with Crippen LogP contribution in [0, 0.1) is 24.1 Å². The fraction of sp³-hybridized carbons (Fsp3) is 0.333. The van der Waals surface area contributed by atoms with Gasteiger partial charge in [-0.05, 0) is 81.9 Å². The lowest BCUT2D eigenvalue weighted by molar-refractivity contribution is -0.124. The van der Waals surface area contributed by atoms with E-state index in [1.165, 1.54) is 12.1 Å². The molecule has 5 rings (SSSR count). The molecule has 3 heterocycles. The van der Waals surface area contributed by atoms with Crippen molar-refractivity contribution in [2.45, 2.75) is 38.3 Å². The number of anilines is 3. The van der Waals surface area contributed by atoms with Crippen LogP contribution in [0.2, 0.25) is 0 Å². The first-order valence-corrected chi connectivity index (χ1v) is 11.9. The van der Waals surface area contributed by atoms with Crippen molar-refractivity contribution in [3.63, 3.8) is 0 Å². The van der Waals surface area contributed by atoms with E-state index < -0.39 is 5.41 Å². The van der Waals surface area contributed by atoms with Gasteiger partial charge in [-0.15, -0.1) is 0 Å². The van der Waals surface area contributed by atoms with Crippen molar-refractivity contribution < 1.29 is 9.18 Å². The molecule has 2 aromatic carbocycles. The van der Waals surface area contributed by atoms with E-state index in [0.717, 1.165) is 23.4 Å². The number of aryl methyl sites for hydroxylation is 1. The standard InChI is InChI=1S/C27H28FN7O/c1-16(19-10-18(13-29)11-21(30)12-19)31-25-23-14-35(22-6-4-20(28)5-7-22)26(36)27(8-9-34(3)15-27)24(23)32-17(2)33-25/h4-7,10-12,16H,8-9,14-15,30H2,1-3H3,(H,31,32,33)/t16-,27?/m1/s1. The van der Waals surface area contributed by atoms with E-state index in [0.29, 0.717) is 41.5 Å². The van der Waals surface area contributed by atoms with E-state index in [4.69, 9.17) is 15.7 Å². The first kappa shape index (κ1) is 23.7. The number of hydrogen-bond donors (Lipinski definition) is 2. The molecule has 2 aliphatic rings. The highest BCUT2D eigenvalue weighted by atomic mass is 19.1. The third kappa shape index (κ3) is 4.03. The maximum Gasteiger partial charge on any atom is 0.240 e. The molecule has 184 valence electrons. The smallest absolute Gasteiger partial charge is 0.240 e. The molecule has 8 nitrogen and oxygen atoms in total. The molecular weight excluding hydrogens is 457 g/mol. The van der Waals surface area contributed by atoms with Crippen LogP contribution in [0.15, 0.2) is 42.5 Å². The summed E-state index contributed by atoms with van der Waals surface area (Å²) in [5, 5.41) is 12.9. The Hall–Kier alpha value is -4.03. The summed E-state index contributed by atoms with van der Waals surface area (Å²) in [6.45, 7) is 5.38. The number of rotatable bonds is 4. The Bertz CT molecular complexity index is 1380. The summed E-state index contributed by atoms with van der Waals surface area (Å²) >= 11 is 0. The van der Waals surface area contributed by atoms with Crippen LogP contribution >= 0.6 is 0 Å². The van der Waals surface area contributed by atoms with Gasteiger partial charge < -0.3 is 20.9 Å². The molecule has 1 saturated heterocycles. The molecular formula is C27H28FN7O. The lowest BCUT2D eigenvalue weighted by Crippen LogP contribution is -2.53. The van der Waals surface area contributed by atoms with Gasteiger partial charge in [0, 0.05) is 23.5 Å². The number of nitrogen functional groups attached to an aromatic ring is 1. The van der Waals surface area contributed by atoms with Gasteiger partial charge in [0.1, 0.15) is 22.9 Å². The monoisotopic (exact) mass is 485 g/mol. The quantitative estimate of drug-likeness (QED) is 0.543. The van der Waals surface area contributed by atoms with Crippen molar-refractivity contribution >= 4 is 23.1 Å². The van der Waals surface area contributed by atoms with Crippen LogP contribution < -0.4 is 16.0 Å². The van der Waals surface area contributed by atoms with Crippen LogP contribution in [0.5, 0.6) is 0 Å². The molecule has 1 aromatic heterocycles. The fourth-order valence-corrected chi connectivity index (χ4v) is 5.33.